The molecular formula is C18H17NO2. The van der Waals surface area contributed by atoms with Crippen LogP contribution in [-0.2, 0) is 6.54 Å². The van der Waals surface area contributed by atoms with Crippen LogP contribution >= 0.6 is 0 Å². The molecule has 106 valence electrons. The molecular weight excluding hydrogens is 262 g/mol. The third-order valence-corrected chi connectivity index (χ3v) is 3.15. The lowest BCUT2D eigenvalue weighted by Gasteiger charge is -2.09. The third-order valence-electron chi connectivity index (χ3n) is 3.15. The molecule has 0 atom stereocenters. The number of carbonyl (C=O) groups is 1. The predicted octanol–water partition coefficient (Wildman–Crippen LogP) is 2.27. The van der Waals surface area contributed by atoms with Crippen LogP contribution in [0.5, 0.6) is 0 Å². The predicted molar refractivity (Wildman–Crippen MR) is 82.8 cm³/mol. The Morgan fingerprint density at radius 2 is 1.86 bits per heavy atom. The fourth-order valence-corrected chi connectivity index (χ4v) is 2.03. The van der Waals surface area contributed by atoms with Crippen LogP contribution in [0.3, 0.4) is 0 Å². The zero-order chi connectivity index (χ0) is 15.1. The SMILES string of the molecule is Cc1ccccc1C(=O)NCc1ccccc1C#CCO. The number of rotatable bonds is 3. The Labute approximate surface area is 124 Å². The van der Waals surface area contributed by atoms with Gasteiger partial charge in [0.15, 0.2) is 0 Å². The highest BCUT2D eigenvalue weighted by atomic mass is 16.2. The van der Waals surface area contributed by atoms with E-state index in [0.717, 1.165) is 16.7 Å². The highest BCUT2D eigenvalue weighted by Gasteiger charge is 2.08. The highest BCUT2D eigenvalue weighted by molar-refractivity contribution is 5.95. The number of amides is 1. The van der Waals surface area contributed by atoms with Crippen LogP contribution < -0.4 is 5.32 Å². The molecule has 0 aliphatic heterocycles. The molecule has 3 nitrogen and oxygen atoms in total. The van der Waals surface area contributed by atoms with E-state index in [9.17, 15) is 4.79 Å². The maximum absolute atomic E-state index is 12.2. The molecule has 0 heterocycles. The third kappa shape index (κ3) is 3.95. The average molecular weight is 279 g/mol. The van der Waals surface area contributed by atoms with Crippen molar-refractivity contribution in [2.75, 3.05) is 6.61 Å². The smallest absolute Gasteiger partial charge is 0.251 e. The molecule has 0 unspecified atom stereocenters. The first-order chi connectivity index (χ1) is 10.2. The van der Waals surface area contributed by atoms with E-state index in [1.807, 2.05) is 55.5 Å². The number of aliphatic hydroxyl groups excluding tert-OH is 1. The van der Waals surface area contributed by atoms with E-state index in [-0.39, 0.29) is 12.5 Å². The van der Waals surface area contributed by atoms with E-state index >= 15 is 0 Å². The van der Waals surface area contributed by atoms with Crippen molar-refractivity contribution in [3.05, 3.63) is 70.8 Å². The van der Waals surface area contributed by atoms with Gasteiger partial charge in [-0.2, -0.15) is 0 Å². The second-order valence-corrected chi connectivity index (χ2v) is 4.61. The summed E-state index contributed by atoms with van der Waals surface area (Å²) >= 11 is 0. The second kappa shape index (κ2) is 7.28. The van der Waals surface area contributed by atoms with Crippen LogP contribution in [0.15, 0.2) is 48.5 Å². The van der Waals surface area contributed by atoms with Gasteiger partial charge in [0.05, 0.1) is 0 Å². The number of nitrogens with one attached hydrogen (secondary N) is 1. The highest BCUT2D eigenvalue weighted by Crippen LogP contribution is 2.09. The van der Waals surface area contributed by atoms with Gasteiger partial charge < -0.3 is 10.4 Å². The molecule has 0 aromatic heterocycles. The fraction of sp³-hybridized carbons (Fsp3) is 0.167. The molecule has 0 aliphatic carbocycles. The molecule has 0 saturated heterocycles. The minimum Gasteiger partial charge on any atom is -0.384 e. The van der Waals surface area contributed by atoms with Crippen LogP contribution in [0.1, 0.15) is 27.0 Å². The lowest BCUT2D eigenvalue weighted by molar-refractivity contribution is 0.0950. The summed E-state index contributed by atoms with van der Waals surface area (Å²) in [6, 6.07) is 15.1. The molecule has 0 fully saturated rings. The van der Waals surface area contributed by atoms with Gasteiger partial charge in [0.1, 0.15) is 6.61 Å². The van der Waals surface area contributed by atoms with Crippen molar-refractivity contribution in [3.8, 4) is 11.8 Å². The first-order valence-corrected chi connectivity index (χ1v) is 6.74. The van der Waals surface area contributed by atoms with Crippen molar-refractivity contribution < 1.29 is 9.90 Å². The van der Waals surface area contributed by atoms with Crippen molar-refractivity contribution in [3.63, 3.8) is 0 Å². The normalized spacial score (nSPS) is 9.62. The number of hydrogen-bond acceptors (Lipinski definition) is 2. The Bertz CT molecular complexity index is 696. The Kier molecular flexibility index (Phi) is 5.14. The van der Waals surface area contributed by atoms with Crippen LogP contribution in [0.25, 0.3) is 0 Å². The summed E-state index contributed by atoms with van der Waals surface area (Å²) in [5, 5.41) is 11.7. The zero-order valence-corrected chi connectivity index (χ0v) is 11.9. The minimum absolute atomic E-state index is 0.0991. The van der Waals surface area contributed by atoms with Crippen LogP contribution in [0.4, 0.5) is 0 Å². The van der Waals surface area contributed by atoms with E-state index in [4.69, 9.17) is 5.11 Å². The first kappa shape index (κ1) is 14.8. The Hall–Kier alpha value is -2.57. The number of aryl methyl sites for hydroxylation is 1. The van der Waals surface area contributed by atoms with Crippen LogP contribution in [0, 0.1) is 18.8 Å². The summed E-state index contributed by atoms with van der Waals surface area (Å²) in [6.07, 6.45) is 0. The largest absolute Gasteiger partial charge is 0.384 e. The summed E-state index contributed by atoms with van der Waals surface area (Å²) in [4.78, 5) is 12.2. The lowest BCUT2D eigenvalue weighted by atomic mass is 10.1. The molecule has 0 spiro atoms. The van der Waals surface area contributed by atoms with Gasteiger partial charge in [0, 0.05) is 17.7 Å². The molecule has 2 aromatic carbocycles. The molecule has 0 bridgehead atoms. The van der Waals surface area contributed by atoms with Crippen LogP contribution in [0.2, 0.25) is 0 Å². The molecule has 0 saturated carbocycles. The summed E-state index contributed by atoms with van der Waals surface area (Å²) in [5.74, 6) is 5.41. The monoisotopic (exact) mass is 279 g/mol. The van der Waals surface area contributed by atoms with Crippen molar-refractivity contribution in [2.45, 2.75) is 13.5 Å². The van der Waals surface area contributed by atoms with E-state index < -0.39 is 0 Å². The summed E-state index contributed by atoms with van der Waals surface area (Å²) in [6.45, 7) is 2.14. The molecule has 3 heteroatoms. The minimum atomic E-state index is -0.177. The molecule has 1 amide bonds. The number of hydrogen-bond donors (Lipinski definition) is 2. The zero-order valence-electron chi connectivity index (χ0n) is 11.9. The number of benzene rings is 2. The molecule has 0 radical (unpaired) electrons. The van der Waals surface area contributed by atoms with Gasteiger partial charge in [-0.1, -0.05) is 48.2 Å². The summed E-state index contributed by atoms with van der Waals surface area (Å²) < 4.78 is 0. The Balaban J connectivity index is 2.10. The molecule has 2 aromatic rings. The molecule has 21 heavy (non-hydrogen) atoms. The maximum Gasteiger partial charge on any atom is 0.251 e. The topological polar surface area (TPSA) is 49.3 Å². The van der Waals surface area contributed by atoms with E-state index in [1.54, 1.807) is 0 Å². The molecule has 0 aliphatic rings. The quantitative estimate of drug-likeness (QED) is 0.847. The van der Waals surface area contributed by atoms with E-state index in [1.165, 1.54) is 0 Å². The van der Waals surface area contributed by atoms with Gasteiger partial charge in [-0.25, -0.2) is 0 Å². The van der Waals surface area contributed by atoms with Crippen molar-refractivity contribution >= 4 is 5.91 Å². The Morgan fingerprint density at radius 1 is 1.14 bits per heavy atom. The van der Waals surface area contributed by atoms with Gasteiger partial charge in [-0.3, -0.25) is 4.79 Å². The standard InChI is InChI=1S/C18H17NO2/c1-14-7-2-5-11-17(14)18(21)19-13-16-9-4-3-8-15(16)10-6-12-20/h2-5,7-9,11,20H,12-13H2,1H3,(H,19,21). The average Bonchev–Trinajstić information content (AvgIpc) is 2.52. The summed E-state index contributed by atoms with van der Waals surface area (Å²) in [7, 11) is 0. The van der Waals surface area contributed by atoms with Gasteiger partial charge in [-0.05, 0) is 30.2 Å². The maximum atomic E-state index is 12.2. The molecule has 2 rings (SSSR count). The number of aliphatic hydroxyl groups is 1. The first-order valence-electron chi connectivity index (χ1n) is 6.74. The van der Waals surface area contributed by atoms with Crippen LogP contribution in [-0.4, -0.2) is 17.6 Å². The fourth-order valence-electron chi connectivity index (χ4n) is 2.03. The van der Waals surface area contributed by atoms with Gasteiger partial charge >= 0.3 is 0 Å². The second-order valence-electron chi connectivity index (χ2n) is 4.61. The van der Waals surface area contributed by atoms with E-state index in [2.05, 4.69) is 17.2 Å². The molecule has 2 N–H and O–H groups in total. The van der Waals surface area contributed by atoms with Gasteiger partial charge in [0.2, 0.25) is 0 Å². The Morgan fingerprint density at radius 3 is 2.62 bits per heavy atom. The van der Waals surface area contributed by atoms with Crippen molar-refractivity contribution in [1.29, 1.82) is 0 Å². The summed E-state index contributed by atoms with van der Waals surface area (Å²) in [5.41, 5.74) is 3.37. The van der Waals surface area contributed by atoms with Crippen molar-refractivity contribution in [2.24, 2.45) is 0 Å². The van der Waals surface area contributed by atoms with Gasteiger partial charge in [-0.15, -0.1) is 0 Å². The van der Waals surface area contributed by atoms with Crippen molar-refractivity contribution in [1.82, 2.24) is 5.32 Å². The van der Waals surface area contributed by atoms with E-state index in [0.29, 0.717) is 12.1 Å². The van der Waals surface area contributed by atoms with Gasteiger partial charge in [0.25, 0.3) is 5.91 Å². The number of carbonyl (C=O) groups excluding carboxylic acids is 1. The lowest BCUT2D eigenvalue weighted by Crippen LogP contribution is -2.24.